The quantitative estimate of drug-likeness (QED) is 0.853. The number of aryl methyl sites for hydroxylation is 1. The van der Waals surface area contributed by atoms with Crippen LogP contribution in [0.2, 0.25) is 0 Å². The van der Waals surface area contributed by atoms with Gasteiger partial charge in [0.05, 0.1) is 10.9 Å². The maximum Gasteiger partial charge on any atom is 0.170 e. The summed E-state index contributed by atoms with van der Waals surface area (Å²) in [7, 11) is 0. The summed E-state index contributed by atoms with van der Waals surface area (Å²) in [5, 5.41) is 0.115. The summed E-state index contributed by atoms with van der Waals surface area (Å²) in [5.41, 5.74) is 7.04. The van der Waals surface area contributed by atoms with Gasteiger partial charge >= 0.3 is 0 Å². The minimum absolute atomic E-state index is 0.0128. The van der Waals surface area contributed by atoms with Crippen LogP contribution in [-0.4, -0.2) is 20.4 Å². The van der Waals surface area contributed by atoms with Gasteiger partial charge in [0.15, 0.2) is 4.34 Å². The van der Waals surface area contributed by atoms with Crippen molar-refractivity contribution < 1.29 is 0 Å². The van der Waals surface area contributed by atoms with Crippen LogP contribution < -0.4 is 5.73 Å². The molecule has 2 aromatic rings. The molecule has 0 amide bonds. The van der Waals surface area contributed by atoms with Crippen LogP contribution in [-0.2, 0) is 6.42 Å². The third-order valence-corrected chi connectivity index (χ3v) is 4.73. The molecule has 2 aromatic heterocycles. The molecule has 0 aliphatic carbocycles. The summed E-state index contributed by atoms with van der Waals surface area (Å²) in [4.78, 5) is 8.84. The summed E-state index contributed by atoms with van der Waals surface area (Å²) in [6.07, 6.45) is 2.66. The van der Waals surface area contributed by atoms with Gasteiger partial charge < -0.3 is 5.73 Å². The molecule has 96 valence electrons. The molecular formula is C12H16N4S2. The molecule has 2 atom stereocenters. The minimum atomic E-state index is 0.0128. The third-order valence-electron chi connectivity index (χ3n) is 2.45. The van der Waals surface area contributed by atoms with Crippen molar-refractivity contribution in [3.05, 3.63) is 35.9 Å². The van der Waals surface area contributed by atoms with Gasteiger partial charge in [-0.05, 0) is 30.6 Å². The Morgan fingerprint density at radius 1 is 1.44 bits per heavy atom. The fourth-order valence-electron chi connectivity index (χ4n) is 1.52. The zero-order valence-corrected chi connectivity index (χ0v) is 12.0. The van der Waals surface area contributed by atoms with Gasteiger partial charge in [0.25, 0.3) is 0 Å². The SMILES string of the molecule is CCc1nsc(SC(c2ccccn2)C(C)N)n1. The Balaban J connectivity index is 2.17. The van der Waals surface area contributed by atoms with E-state index in [9.17, 15) is 0 Å². The van der Waals surface area contributed by atoms with Crippen LogP contribution in [0, 0.1) is 0 Å². The Labute approximate surface area is 115 Å². The highest BCUT2D eigenvalue weighted by Gasteiger charge is 2.20. The Morgan fingerprint density at radius 3 is 2.83 bits per heavy atom. The van der Waals surface area contributed by atoms with E-state index >= 15 is 0 Å². The van der Waals surface area contributed by atoms with Gasteiger partial charge in [-0.3, -0.25) is 4.98 Å². The minimum Gasteiger partial charge on any atom is -0.327 e. The summed E-state index contributed by atoms with van der Waals surface area (Å²) in [5.74, 6) is 0.895. The van der Waals surface area contributed by atoms with E-state index in [1.807, 2.05) is 25.1 Å². The fourth-order valence-corrected chi connectivity index (χ4v) is 3.46. The van der Waals surface area contributed by atoms with E-state index in [2.05, 4.69) is 21.3 Å². The average Bonchev–Trinajstić information content (AvgIpc) is 2.84. The van der Waals surface area contributed by atoms with Crippen molar-refractivity contribution >= 4 is 23.3 Å². The highest BCUT2D eigenvalue weighted by Crippen LogP contribution is 2.36. The van der Waals surface area contributed by atoms with Crippen molar-refractivity contribution in [1.29, 1.82) is 0 Å². The first-order chi connectivity index (χ1) is 8.70. The van der Waals surface area contributed by atoms with Crippen LogP contribution >= 0.6 is 23.3 Å². The zero-order chi connectivity index (χ0) is 13.0. The molecule has 0 radical (unpaired) electrons. The fraction of sp³-hybridized carbons (Fsp3) is 0.417. The van der Waals surface area contributed by atoms with Gasteiger partial charge in [0.1, 0.15) is 5.82 Å². The molecule has 0 bridgehead atoms. The average molecular weight is 280 g/mol. The zero-order valence-electron chi connectivity index (χ0n) is 10.4. The largest absolute Gasteiger partial charge is 0.327 e. The van der Waals surface area contributed by atoms with Crippen molar-refractivity contribution in [1.82, 2.24) is 14.3 Å². The van der Waals surface area contributed by atoms with Crippen molar-refractivity contribution in [2.24, 2.45) is 5.73 Å². The molecule has 0 aromatic carbocycles. The number of aromatic nitrogens is 3. The first kappa shape index (κ1) is 13.5. The predicted octanol–water partition coefficient (Wildman–Crippen LogP) is 2.68. The molecule has 0 fully saturated rings. The summed E-state index contributed by atoms with van der Waals surface area (Å²) in [6, 6.07) is 5.91. The van der Waals surface area contributed by atoms with E-state index in [-0.39, 0.29) is 11.3 Å². The van der Waals surface area contributed by atoms with E-state index in [1.54, 1.807) is 18.0 Å². The third kappa shape index (κ3) is 3.28. The number of rotatable bonds is 5. The molecule has 2 N–H and O–H groups in total. The lowest BCUT2D eigenvalue weighted by molar-refractivity contribution is 0.705. The normalized spacial score (nSPS) is 14.4. The van der Waals surface area contributed by atoms with Crippen molar-refractivity contribution in [3.8, 4) is 0 Å². The van der Waals surface area contributed by atoms with Crippen LogP contribution in [0.4, 0.5) is 0 Å². The van der Waals surface area contributed by atoms with Gasteiger partial charge in [-0.15, -0.1) is 0 Å². The van der Waals surface area contributed by atoms with Gasteiger partial charge in [0.2, 0.25) is 0 Å². The predicted molar refractivity (Wildman–Crippen MR) is 75.8 cm³/mol. The standard InChI is InChI=1S/C12H16N4S2/c1-3-10-15-12(18-16-10)17-11(8(2)13)9-6-4-5-7-14-9/h4-8,11H,3,13H2,1-2H3. The maximum absolute atomic E-state index is 6.05. The van der Waals surface area contributed by atoms with Crippen molar-refractivity contribution in [2.75, 3.05) is 0 Å². The number of pyridine rings is 1. The summed E-state index contributed by atoms with van der Waals surface area (Å²) >= 11 is 3.08. The number of nitrogens with two attached hydrogens (primary N) is 1. The maximum atomic E-state index is 6.05. The van der Waals surface area contributed by atoms with Crippen LogP contribution in [0.5, 0.6) is 0 Å². The highest BCUT2D eigenvalue weighted by atomic mass is 32.2. The monoisotopic (exact) mass is 280 g/mol. The first-order valence-corrected chi connectivity index (χ1v) is 7.51. The molecule has 4 nitrogen and oxygen atoms in total. The molecule has 0 aliphatic rings. The topological polar surface area (TPSA) is 64.7 Å². The number of hydrogen-bond acceptors (Lipinski definition) is 6. The Kier molecular flexibility index (Phi) is 4.68. The van der Waals surface area contributed by atoms with Crippen molar-refractivity contribution in [2.45, 2.75) is 35.9 Å². The Morgan fingerprint density at radius 2 is 2.28 bits per heavy atom. The van der Waals surface area contributed by atoms with E-state index in [4.69, 9.17) is 5.73 Å². The molecule has 0 saturated heterocycles. The van der Waals surface area contributed by atoms with E-state index in [0.29, 0.717) is 0 Å². The lowest BCUT2D eigenvalue weighted by Crippen LogP contribution is -2.23. The second-order valence-corrected chi connectivity index (χ2v) is 6.12. The van der Waals surface area contributed by atoms with Gasteiger partial charge in [-0.25, -0.2) is 4.98 Å². The molecule has 18 heavy (non-hydrogen) atoms. The Bertz CT molecular complexity index is 484. The molecule has 0 saturated carbocycles. The molecule has 2 rings (SSSR count). The first-order valence-electron chi connectivity index (χ1n) is 5.86. The van der Waals surface area contributed by atoms with Crippen LogP contribution in [0.3, 0.4) is 0 Å². The summed E-state index contributed by atoms with van der Waals surface area (Å²) < 4.78 is 5.25. The molecule has 2 heterocycles. The van der Waals surface area contributed by atoms with Crippen molar-refractivity contribution in [3.63, 3.8) is 0 Å². The lowest BCUT2D eigenvalue weighted by atomic mass is 10.2. The highest BCUT2D eigenvalue weighted by molar-refractivity contribution is 8.01. The molecule has 6 heteroatoms. The molecule has 0 spiro atoms. The van der Waals surface area contributed by atoms with Crippen LogP contribution in [0.1, 0.15) is 30.6 Å². The molecule has 2 unspecified atom stereocenters. The molecule has 0 aliphatic heterocycles. The van der Waals surface area contributed by atoms with Gasteiger partial charge in [-0.1, -0.05) is 24.8 Å². The van der Waals surface area contributed by atoms with E-state index in [1.165, 1.54) is 11.5 Å². The lowest BCUT2D eigenvalue weighted by Gasteiger charge is -2.17. The Hall–Kier alpha value is -0.980. The van der Waals surface area contributed by atoms with Gasteiger partial charge in [-0.2, -0.15) is 4.37 Å². The summed E-state index contributed by atoms with van der Waals surface area (Å²) in [6.45, 7) is 4.05. The second-order valence-electron chi connectivity index (χ2n) is 3.98. The van der Waals surface area contributed by atoms with E-state index in [0.717, 1.165) is 22.3 Å². The van der Waals surface area contributed by atoms with E-state index < -0.39 is 0 Å². The second kappa shape index (κ2) is 6.26. The van der Waals surface area contributed by atoms with Crippen LogP contribution in [0.25, 0.3) is 0 Å². The number of thioether (sulfide) groups is 1. The van der Waals surface area contributed by atoms with Crippen LogP contribution in [0.15, 0.2) is 28.7 Å². The van der Waals surface area contributed by atoms with Gasteiger partial charge in [0, 0.05) is 18.7 Å². The number of hydrogen-bond donors (Lipinski definition) is 1. The smallest absolute Gasteiger partial charge is 0.170 e. The molecular weight excluding hydrogens is 264 g/mol. The number of nitrogens with zero attached hydrogens (tertiary/aromatic N) is 3.